The van der Waals surface area contributed by atoms with Crippen molar-refractivity contribution in [3.63, 3.8) is 0 Å². The molecule has 0 saturated carbocycles. The minimum absolute atomic E-state index is 0.0591. The van der Waals surface area contributed by atoms with E-state index in [1.54, 1.807) is 0 Å². The van der Waals surface area contributed by atoms with Gasteiger partial charge in [-0.2, -0.15) is 10.2 Å². The molecule has 0 spiro atoms. The van der Waals surface area contributed by atoms with Crippen LogP contribution in [0.2, 0.25) is 0 Å². The molecule has 0 aliphatic rings. The second-order valence-electron chi connectivity index (χ2n) is 5.38. The Morgan fingerprint density at radius 3 is 2.71 bits per heavy atom. The van der Waals surface area contributed by atoms with Crippen molar-refractivity contribution in [3.05, 3.63) is 11.7 Å². The summed E-state index contributed by atoms with van der Waals surface area (Å²) in [6, 6.07) is 2.23. The number of hydrogen-bond acceptors (Lipinski definition) is 4. The highest BCUT2D eigenvalue weighted by molar-refractivity contribution is 4.95. The molecule has 17 heavy (non-hydrogen) atoms. The molecule has 0 saturated heterocycles. The molecule has 0 aliphatic heterocycles. The van der Waals surface area contributed by atoms with Crippen LogP contribution in [-0.4, -0.2) is 10.1 Å². The Hall–Kier alpha value is -1.37. The Balaban J connectivity index is 2.68. The van der Waals surface area contributed by atoms with Gasteiger partial charge in [-0.3, -0.25) is 0 Å². The van der Waals surface area contributed by atoms with Crippen LogP contribution < -0.4 is 0 Å². The van der Waals surface area contributed by atoms with Gasteiger partial charge in [0.05, 0.1) is 6.07 Å². The highest BCUT2D eigenvalue weighted by Gasteiger charge is 2.25. The molecule has 94 valence electrons. The quantitative estimate of drug-likeness (QED) is 0.759. The molecule has 4 nitrogen and oxygen atoms in total. The molecular weight excluding hydrogens is 214 g/mol. The van der Waals surface area contributed by atoms with Crippen molar-refractivity contribution in [2.45, 2.75) is 53.4 Å². The van der Waals surface area contributed by atoms with Crippen LogP contribution in [0.5, 0.6) is 0 Å². The van der Waals surface area contributed by atoms with E-state index in [1.165, 1.54) is 0 Å². The van der Waals surface area contributed by atoms with Crippen LogP contribution in [0.15, 0.2) is 4.52 Å². The van der Waals surface area contributed by atoms with Gasteiger partial charge in [-0.15, -0.1) is 0 Å². The van der Waals surface area contributed by atoms with E-state index in [1.807, 2.05) is 0 Å². The summed E-state index contributed by atoms with van der Waals surface area (Å²) < 4.78 is 5.24. The van der Waals surface area contributed by atoms with E-state index in [4.69, 9.17) is 9.78 Å². The van der Waals surface area contributed by atoms with Gasteiger partial charge < -0.3 is 4.52 Å². The van der Waals surface area contributed by atoms with E-state index < -0.39 is 0 Å². The first kappa shape index (κ1) is 13.7. The van der Waals surface area contributed by atoms with Crippen molar-refractivity contribution >= 4 is 0 Å². The number of rotatable bonds is 6. The highest BCUT2D eigenvalue weighted by Crippen LogP contribution is 2.29. The predicted octanol–water partition coefficient (Wildman–Crippen LogP) is 3.14. The van der Waals surface area contributed by atoms with Gasteiger partial charge in [0.1, 0.15) is 0 Å². The van der Waals surface area contributed by atoms with Gasteiger partial charge in [-0.1, -0.05) is 32.9 Å². The maximum atomic E-state index is 8.82. The zero-order valence-corrected chi connectivity index (χ0v) is 11.2. The van der Waals surface area contributed by atoms with E-state index >= 15 is 0 Å². The lowest BCUT2D eigenvalue weighted by Crippen LogP contribution is -2.18. The molecule has 1 rings (SSSR count). The summed E-state index contributed by atoms with van der Waals surface area (Å²) in [5.74, 6) is 1.95. The second-order valence-corrected chi connectivity index (χ2v) is 5.38. The van der Waals surface area contributed by atoms with Crippen molar-refractivity contribution in [2.24, 2.45) is 11.3 Å². The molecule has 0 fully saturated rings. The third-order valence-electron chi connectivity index (χ3n) is 3.04. The Morgan fingerprint density at radius 2 is 2.18 bits per heavy atom. The first-order valence-corrected chi connectivity index (χ1v) is 6.17. The molecule has 1 aromatic heterocycles. The second kappa shape index (κ2) is 5.81. The van der Waals surface area contributed by atoms with Gasteiger partial charge in [-0.25, -0.2) is 0 Å². The van der Waals surface area contributed by atoms with Crippen LogP contribution in [0, 0.1) is 22.7 Å². The predicted molar refractivity (Wildman–Crippen MR) is 65.2 cm³/mol. The van der Waals surface area contributed by atoms with Crippen molar-refractivity contribution < 1.29 is 4.52 Å². The minimum Gasteiger partial charge on any atom is -0.339 e. The summed E-state index contributed by atoms with van der Waals surface area (Å²) >= 11 is 0. The normalized spacial score (nSPS) is 14.6. The monoisotopic (exact) mass is 235 g/mol. The fourth-order valence-corrected chi connectivity index (χ4v) is 1.68. The first-order valence-electron chi connectivity index (χ1n) is 6.17. The van der Waals surface area contributed by atoms with Gasteiger partial charge in [0.2, 0.25) is 5.89 Å². The summed E-state index contributed by atoms with van der Waals surface area (Å²) in [6.45, 7) is 8.43. The highest BCUT2D eigenvalue weighted by atomic mass is 16.5. The van der Waals surface area contributed by atoms with Crippen LogP contribution >= 0.6 is 0 Å². The molecule has 1 aromatic rings. The zero-order chi connectivity index (χ0) is 12.9. The van der Waals surface area contributed by atoms with Gasteiger partial charge in [0.15, 0.2) is 5.82 Å². The van der Waals surface area contributed by atoms with E-state index in [2.05, 4.69) is 43.9 Å². The maximum Gasteiger partial charge on any atom is 0.227 e. The number of nitriles is 1. The van der Waals surface area contributed by atoms with Gasteiger partial charge in [-0.05, 0) is 17.8 Å². The fraction of sp³-hybridized carbons (Fsp3) is 0.769. The molecule has 4 heteroatoms. The van der Waals surface area contributed by atoms with Gasteiger partial charge in [0, 0.05) is 19.3 Å². The lowest BCUT2D eigenvalue weighted by Gasteiger charge is -2.22. The molecule has 1 atom stereocenters. The molecule has 0 amide bonds. The molecule has 0 aliphatic carbocycles. The third kappa shape index (κ3) is 4.18. The van der Waals surface area contributed by atoms with E-state index in [9.17, 15) is 0 Å². The van der Waals surface area contributed by atoms with Crippen LogP contribution in [0.3, 0.4) is 0 Å². The van der Waals surface area contributed by atoms with Gasteiger partial charge >= 0.3 is 0 Å². The topological polar surface area (TPSA) is 62.7 Å². The zero-order valence-electron chi connectivity index (χ0n) is 11.2. The SMILES string of the molecule is CCC(C)(CC#N)Cc1nc(CC(C)C)no1. The first-order chi connectivity index (χ1) is 7.99. The average molecular weight is 235 g/mol. The molecule has 1 heterocycles. The minimum atomic E-state index is -0.0591. The average Bonchev–Trinajstić information content (AvgIpc) is 2.64. The van der Waals surface area contributed by atoms with Crippen LogP contribution in [0.25, 0.3) is 0 Å². The van der Waals surface area contributed by atoms with Crippen molar-refractivity contribution in [1.82, 2.24) is 10.1 Å². The van der Waals surface area contributed by atoms with Crippen molar-refractivity contribution in [3.8, 4) is 6.07 Å². The molecule has 0 radical (unpaired) electrons. The van der Waals surface area contributed by atoms with E-state index in [-0.39, 0.29) is 5.41 Å². The Kier molecular flexibility index (Phi) is 4.68. The van der Waals surface area contributed by atoms with Crippen LogP contribution in [-0.2, 0) is 12.8 Å². The van der Waals surface area contributed by atoms with Crippen LogP contribution in [0.4, 0.5) is 0 Å². The molecular formula is C13H21N3O. The third-order valence-corrected chi connectivity index (χ3v) is 3.04. The summed E-state index contributed by atoms with van der Waals surface area (Å²) in [6.07, 6.45) is 2.97. The summed E-state index contributed by atoms with van der Waals surface area (Å²) in [5, 5.41) is 12.8. The largest absolute Gasteiger partial charge is 0.339 e. The number of aromatic nitrogens is 2. The van der Waals surface area contributed by atoms with Crippen LogP contribution in [0.1, 0.15) is 52.3 Å². The van der Waals surface area contributed by atoms with Gasteiger partial charge in [0.25, 0.3) is 0 Å². The molecule has 0 N–H and O–H groups in total. The lowest BCUT2D eigenvalue weighted by molar-refractivity contribution is 0.265. The van der Waals surface area contributed by atoms with Crippen molar-refractivity contribution in [2.75, 3.05) is 0 Å². The summed E-state index contributed by atoms with van der Waals surface area (Å²) in [7, 11) is 0. The molecule has 0 bridgehead atoms. The fourth-order valence-electron chi connectivity index (χ4n) is 1.68. The number of nitrogens with zero attached hydrogens (tertiary/aromatic N) is 3. The smallest absolute Gasteiger partial charge is 0.227 e. The van der Waals surface area contributed by atoms with Crippen molar-refractivity contribution in [1.29, 1.82) is 5.26 Å². The Bertz CT molecular complexity index is 392. The summed E-state index contributed by atoms with van der Waals surface area (Å²) in [4.78, 5) is 4.38. The summed E-state index contributed by atoms with van der Waals surface area (Å²) in [5.41, 5.74) is -0.0591. The molecule has 1 unspecified atom stereocenters. The van der Waals surface area contributed by atoms with E-state index in [0.29, 0.717) is 24.7 Å². The molecule has 0 aromatic carbocycles. The van der Waals surface area contributed by atoms with E-state index in [0.717, 1.165) is 18.7 Å². The standard InChI is InChI=1S/C13H21N3O/c1-5-13(4,6-7-14)9-12-15-11(16-17-12)8-10(2)3/h10H,5-6,8-9H2,1-4H3. The maximum absolute atomic E-state index is 8.82. The Labute approximate surface area is 103 Å². The Morgan fingerprint density at radius 1 is 1.47 bits per heavy atom. The lowest BCUT2D eigenvalue weighted by atomic mass is 9.81. The number of hydrogen-bond donors (Lipinski definition) is 0.